The topological polar surface area (TPSA) is 27.1 Å². The van der Waals surface area contributed by atoms with E-state index in [1.54, 1.807) is 11.3 Å². The van der Waals surface area contributed by atoms with Gasteiger partial charge in [0.25, 0.3) is 0 Å². The van der Waals surface area contributed by atoms with Gasteiger partial charge in [-0.25, -0.2) is 0 Å². The van der Waals surface area contributed by atoms with Gasteiger partial charge >= 0.3 is 0 Å². The van der Waals surface area contributed by atoms with Gasteiger partial charge in [0.2, 0.25) is 0 Å². The highest BCUT2D eigenvalue weighted by Gasteiger charge is 2.07. The highest BCUT2D eigenvalue weighted by Crippen LogP contribution is 2.12. The lowest BCUT2D eigenvalue weighted by molar-refractivity contribution is 0.425. The van der Waals surface area contributed by atoms with Gasteiger partial charge in [-0.05, 0) is 24.8 Å². The lowest BCUT2D eigenvalue weighted by Crippen LogP contribution is -2.28. The second-order valence-electron chi connectivity index (χ2n) is 3.29. The summed E-state index contributed by atoms with van der Waals surface area (Å²) in [7, 11) is 0. The van der Waals surface area contributed by atoms with Crippen molar-refractivity contribution in [3.63, 3.8) is 0 Å². The lowest BCUT2D eigenvalue weighted by Gasteiger charge is -2.22. The fraction of sp³-hybridized carbons (Fsp3) is 0.545. The van der Waals surface area contributed by atoms with Gasteiger partial charge in [0.1, 0.15) is 0 Å². The van der Waals surface area contributed by atoms with Crippen molar-refractivity contribution in [2.45, 2.75) is 33.2 Å². The largest absolute Gasteiger partial charge is 0.356 e. The highest BCUT2D eigenvalue weighted by molar-refractivity contribution is 7.09. The summed E-state index contributed by atoms with van der Waals surface area (Å²) in [5.41, 5.74) is 0. The zero-order valence-electron chi connectivity index (χ0n) is 8.92. The summed E-state index contributed by atoms with van der Waals surface area (Å²) in [6.45, 7) is 6.05. The average molecular weight is 210 g/mol. The van der Waals surface area contributed by atoms with Gasteiger partial charge in [0, 0.05) is 17.8 Å². The zero-order valence-corrected chi connectivity index (χ0v) is 9.73. The van der Waals surface area contributed by atoms with Gasteiger partial charge in [-0.15, -0.1) is 11.3 Å². The lowest BCUT2D eigenvalue weighted by atomic mass is 10.3. The van der Waals surface area contributed by atoms with E-state index in [0.717, 1.165) is 31.8 Å². The maximum absolute atomic E-state index is 7.88. The van der Waals surface area contributed by atoms with Crippen LogP contribution in [0.1, 0.15) is 31.6 Å². The molecule has 0 aliphatic rings. The summed E-state index contributed by atoms with van der Waals surface area (Å²) in [4.78, 5) is 3.47. The maximum Gasteiger partial charge on any atom is 0.0960 e. The molecule has 0 saturated carbocycles. The Bertz CT molecular complexity index is 267. The zero-order chi connectivity index (χ0) is 10.4. The van der Waals surface area contributed by atoms with Crippen LogP contribution < -0.4 is 0 Å². The summed E-state index contributed by atoms with van der Waals surface area (Å²) in [5.74, 6) is 0.767. The van der Waals surface area contributed by atoms with Crippen molar-refractivity contribution in [1.82, 2.24) is 4.90 Å². The van der Waals surface area contributed by atoms with Crippen LogP contribution in [0.3, 0.4) is 0 Å². The number of amidine groups is 1. The van der Waals surface area contributed by atoms with Crippen LogP contribution in [0.25, 0.3) is 0 Å². The van der Waals surface area contributed by atoms with E-state index in [-0.39, 0.29) is 0 Å². The molecule has 3 heteroatoms. The Kier molecular flexibility index (Phi) is 4.66. The minimum Gasteiger partial charge on any atom is -0.356 e. The van der Waals surface area contributed by atoms with E-state index >= 15 is 0 Å². The highest BCUT2D eigenvalue weighted by atomic mass is 32.1. The molecule has 0 spiro atoms. The molecule has 0 fully saturated rings. The van der Waals surface area contributed by atoms with Gasteiger partial charge in [-0.2, -0.15) is 0 Å². The Hall–Kier alpha value is -0.830. The minimum atomic E-state index is 0.767. The molecule has 2 nitrogen and oxygen atoms in total. The first-order valence-corrected chi connectivity index (χ1v) is 6.00. The molecule has 0 radical (unpaired) electrons. The van der Waals surface area contributed by atoms with Gasteiger partial charge in [-0.3, -0.25) is 5.41 Å². The number of nitrogens with one attached hydrogen (secondary N) is 1. The number of hydrogen-bond donors (Lipinski definition) is 1. The van der Waals surface area contributed by atoms with Crippen molar-refractivity contribution >= 4 is 17.2 Å². The van der Waals surface area contributed by atoms with Crippen LogP contribution in [-0.2, 0) is 6.54 Å². The maximum atomic E-state index is 7.88. The summed E-state index contributed by atoms with van der Waals surface area (Å²) in [6, 6.07) is 4.20. The summed E-state index contributed by atoms with van der Waals surface area (Å²) in [6.07, 6.45) is 1.94. The van der Waals surface area contributed by atoms with Gasteiger partial charge in [0.15, 0.2) is 0 Å². The van der Waals surface area contributed by atoms with Crippen LogP contribution >= 0.6 is 11.3 Å². The molecule has 1 aromatic rings. The van der Waals surface area contributed by atoms with E-state index < -0.39 is 0 Å². The first-order chi connectivity index (χ1) is 6.77. The van der Waals surface area contributed by atoms with Crippen molar-refractivity contribution in [3.05, 3.63) is 22.4 Å². The van der Waals surface area contributed by atoms with Crippen molar-refractivity contribution < 1.29 is 0 Å². The van der Waals surface area contributed by atoms with Crippen LogP contribution in [-0.4, -0.2) is 17.3 Å². The molecular formula is C11H18N2S. The molecular weight excluding hydrogens is 192 g/mol. The number of rotatable bonds is 5. The first-order valence-electron chi connectivity index (χ1n) is 5.12. The van der Waals surface area contributed by atoms with Crippen molar-refractivity contribution in [1.29, 1.82) is 5.41 Å². The van der Waals surface area contributed by atoms with Crippen LogP contribution in [0.5, 0.6) is 0 Å². The van der Waals surface area contributed by atoms with Gasteiger partial charge in [0.05, 0.1) is 12.4 Å². The van der Waals surface area contributed by atoms with Gasteiger partial charge < -0.3 is 4.90 Å². The monoisotopic (exact) mass is 210 g/mol. The molecule has 1 aromatic heterocycles. The smallest absolute Gasteiger partial charge is 0.0960 e. The van der Waals surface area contributed by atoms with Crippen LogP contribution in [0, 0.1) is 5.41 Å². The summed E-state index contributed by atoms with van der Waals surface area (Å²) in [5, 5.41) is 9.97. The molecule has 0 bridgehead atoms. The quantitative estimate of drug-likeness (QED) is 0.585. The fourth-order valence-electron chi connectivity index (χ4n) is 1.38. The predicted molar refractivity (Wildman–Crippen MR) is 63.0 cm³/mol. The molecule has 0 aromatic carbocycles. The fourth-order valence-corrected chi connectivity index (χ4v) is 2.10. The third-order valence-electron chi connectivity index (χ3n) is 2.18. The van der Waals surface area contributed by atoms with Crippen LogP contribution in [0.4, 0.5) is 0 Å². The molecule has 0 aliphatic heterocycles. The molecule has 78 valence electrons. The Balaban J connectivity index is 2.50. The second kappa shape index (κ2) is 5.81. The van der Waals surface area contributed by atoms with Gasteiger partial charge in [-0.1, -0.05) is 13.0 Å². The number of nitrogens with zero attached hydrogens (tertiary/aromatic N) is 1. The first kappa shape index (κ1) is 11.2. The number of thiophene rings is 1. The molecule has 1 N–H and O–H groups in total. The van der Waals surface area contributed by atoms with E-state index in [1.807, 2.05) is 0 Å². The van der Waals surface area contributed by atoms with Crippen molar-refractivity contribution in [3.8, 4) is 0 Å². The minimum absolute atomic E-state index is 0.767. The Morgan fingerprint density at radius 1 is 1.50 bits per heavy atom. The molecule has 0 atom stereocenters. The van der Waals surface area contributed by atoms with Crippen molar-refractivity contribution in [2.75, 3.05) is 6.54 Å². The van der Waals surface area contributed by atoms with E-state index in [4.69, 9.17) is 5.41 Å². The van der Waals surface area contributed by atoms with E-state index in [1.165, 1.54) is 4.88 Å². The SMILES string of the molecule is CCCC(=N)N(CC)Cc1cccs1. The van der Waals surface area contributed by atoms with E-state index in [2.05, 4.69) is 36.3 Å². The molecule has 14 heavy (non-hydrogen) atoms. The van der Waals surface area contributed by atoms with Crippen LogP contribution in [0.15, 0.2) is 17.5 Å². The van der Waals surface area contributed by atoms with Crippen molar-refractivity contribution in [2.24, 2.45) is 0 Å². The van der Waals surface area contributed by atoms with E-state index in [9.17, 15) is 0 Å². The standard InChI is InChI=1S/C11H18N2S/c1-3-6-11(12)13(4-2)9-10-7-5-8-14-10/h5,7-8,12H,3-4,6,9H2,1-2H3. The third kappa shape index (κ3) is 3.14. The molecule has 1 heterocycles. The predicted octanol–water partition coefficient (Wildman–Crippen LogP) is 3.35. The normalized spacial score (nSPS) is 10.1. The molecule has 0 unspecified atom stereocenters. The summed E-state index contributed by atoms with van der Waals surface area (Å²) < 4.78 is 0. The van der Waals surface area contributed by atoms with E-state index in [0.29, 0.717) is 0 Å². The second-order valence-corrected chi connectivity index (χ2v) is 4.32. The summed E-state index contributed by atoms with van der Waals surface area (Å²) >= 11 is 1.76. The Morgan fingerprint density at radius 3 is 2.79 bits per heavy atom. The van der Waals surface area contributed by atoms with Crippen LogP contribution in [0.2, 0.25) is 0 Å². The molecule has 0 amide bonds. The number of hydrogen-bond acceptors (Lipinski definition) is 2. The third-order valence-corrected chi connectivity index (χ3v) is 3.04. The average Bonchev–Trinajstić information content (AvgIpc) is 2.66. The molecule has 1 rings (SSSR count). The molecule has 0 aliphatic carbocycles. The molecule has 0 saturated heterocycles. The Labute approximate surface area is 90.1 Å². The Morgan fingerprint density at radius 2 is 2.29 bits per heavy atom.